The Morgan fingerprint density at radius 3 is 3.06 bits per heavy atom. The van der Waals surface area contributed by atoms with Crippen molar-refractivity contribution < 1.29 is 9.90 Å². The van der Waals surface area contributed by atoms with Crippen molar-refractivity contribution in [2.24, 2.45) is 0 Å². The molecule has 1 saturated heterocycles. The Bertz CT molecular complexity index is 573. The second-order valence-electron chi connectivity index (χ2n) is 4.10. The number of nitrogens with zero attached hydrogens (tertiary/aromatic N) is 1. The zero-order chi connectivity index (χ0) is 11.8. The largest absolute Gasteiger partial charge is 0.478 e. The molecule has 0 bridgehead atoms. The Kier molecular flexibility index (Phi) is 2.80. The van der Waals surface area contributed by atoms with Crippen LogP contribution in [0.25, 0.3) is 10.2 Å². The van der Waals surface area contributed by atoms with Crippen molar-refractivity contribution in [1.29, 1.82) is 0 Å². The van der Waals surface area contributed by atoms with Gasteiger partial charge in [-0.15, -0.1) is 11.3 Å². The number of carbonyl (C=O) groups is 1. The number of thiazole rings is 1. The molecule has 2 aromatic rings. The van der Waals surface area contributed by atoms with Gasteiger partial charge in [0.15, 0.2) is 0 Å². The van der Waals surface area contributed by atoms with Gasteiger partial charge >= 0.3 is 5.97 Å². The summed E-state index contributed by atoms with van der Waals surface area (Å²) in [5, 5.41) is 10.1. The van der Waals surface area contributed by atoms with Crippen LogP contribution in [0.15, 0.2) is 18.2 Å². The van der Waals surface area contributed by atoms with E-state index in [4.69, 9.17) is 5.11 Å². The van der Waals surface area contributed by atoms with Crippen molar-refractivity contribution in [2.75, 3.05) is 11.5 Å². The molecule has 3 nitrogen and oxygen atoms in total. The van der Waals surface area contributed by atoms with E-state index in [9.17, 15) is 4.79 Å². The third-order valence-corrected chi connectivity index (χ3v) is 5.27. The first-order valence-electron chi connectivity index (χ1n) is 5.45. The minimum Gasteiger partial charge on any atom is -0.478 e. The van der Waals surface area contributed by atoms with Crippen LogP contribution in [0.5, 0.6) is 0 Å². The number of hydrogen-bond acceptors (Lipinski definition) is 4. The number of aromatic nitrogens is 1. The van der Waals surface area contributed by atoms with Crippen molar-refractivity contribution in [1.82, 2.24) is 4.98 Å². The highest BCUT2D eigenvalue weighted by Crippen LogP contribution is 2.36. The number of hydrogen-bond donors (Lipinski definition) is 1. The second kappa shape index (κ2) is 4.31. The van der Waals surface area contributed by atoms with Crippen LogP contribution in [-0.4, -0.2) is 27.6 Å². The fourth-order valence-electron chi connectivity index (χ4n) is 1.98. The van der Waals surface area contributed by atoms with Gasteiger partial charge in [-0.05, 0) is 30.4 Å². The fourth-order valence-corrected chi connectivity index (χ4v) is 4.45. The number of carboxylic acids is 1. The zero-order valence-corrected chi connectivity index (χ0v) is 10.7. The molecule has 0 saturated carbocycles. The molecule has 1 aromatic heterocycles. The molecule has 1 aliphatic heterocycles. The Morgan fingerprint density at radius 1 is 1.47 bits per heavy atom. The van der Waals surface area contributed by atoms with E-state index in [0.717, 1.165) is 21.0 Å². The van der Waals surface area contributed by atoms with Gasteiger partial charge in [0.2, 0.25) is 0 Å². The minimum absolute atomic E-state index is 0.341. The lowest BCUT2D eigenvalue weighted by molar-refractivity contribution is 0.0697. The summed E-state index contributed by atoms with van der Waals surface area (Å²) in [5.74, 6) is 2.04. The van der Waals surface area contributed by atoms with Gasteiger partial charge in [-0.1, -0.05) is 0 Å². The maximum absolute atomic E-state index is 10.9. The SMILES string of the molecule is O=C(O)c1ccc2nc(C3CCSC3)sc2c1. The van der Waals surface area contributed by atoms with E-state index in [1.165, 1.54) is 12.2 Å². The van der Waals surface area contributed by atoms with Crippen LogP contribution in [0.3, 0.4) is 0 Å². The molecule has 2 heterocycles. The molecule has 1 N–H and O–H groups in total. The third kappa shape index (κ3) is 2.05. The first-order chi connectivity index (χ1) is 8.24. The molecule has 0 amide bonds. The van der Waals surface area contributed by atoms with E-state index in [1.807, 2.05) is 11.8 Å². The Balaban J connectivity index is 2.03. The molecule has 1 aliphatic rings. The normalized spacial score (nSPS) is 19.9. The smallest absolute Gasteiger partial charge is 0.335 e. The average molecular weight is 265 g/mol. The molecule has 0 spiro atoms. The van der Waals surface area contributed by atoms with Crippen molar-refractivity contribution in [3.63, 3.8) is 0 Å². The molecule has 1 aromatic carbocycles. The highest BCUT2D eigenvalue weighted by Gasteiger charge is 2.21. The first-order valence-corrected chi connectivity index (χ1v) is 7.42. The topological polar surface area (TPSA) is 50.2 Å². The second-order valence-corrected chi connectivity index (χ2v) is 6.31. The molecular weight excluding hydrogens is 254 g/mol. The molecule has 0 radical (unpaired) electrons. The predicted molar refractivity (Wildman–Crippen MR) is 71.3 cm³/mol. The van der Waals surface area contributed by atoms with Crippen LogP contribution in [0, 0.1) is 0 Å². The van der Waals surface area contributed by atoms with Gasteiger partial charge in [-0.2, -0.15) is 11.8 Å². The summed E-state index contributed by atoms with van der Waals surface area (Å²) >= 11 is 3.61. The lowest BCUT2D eigenvalue weighted by Crippen LogP contribution is -1.94. The highest BCUT2D eigenvalue weighted by atomic mass is 32.2. The van der Waals surface area contributed by atoms with E-state index >= 15 is 0 Å². The summed E-state index contributed by atoms with van der Waals surface area (Å²) in [6.45, 7) is 0. The highest BCUT2D eigenvalue weighted by molar-refractivity contribution is 7.99. The quantitative estimate of drug-likeness (QED) is 0.905. The van der Waals surface area contributed by atoms with Crippen molar-refractivity contribution in [3.8, 4) is 0 Å². The van der Waals surface area contributed by atoms with Gasteiger partial charge in [0.05, 0.1) is 20.8 Å². The van der Waals surface area contributed by atoms with Gasteiger partial charge in [0.25, 0.3) is 0 Å². The fraction of sp³-hybridized carbons (Fsp3) is 0.333. The Morgan fingerprint density at radius 2 is 2.35 bits per heavy atom. The molecular formula is C12H11NO2S2. The summed E-state index contributed by atoms with van der Waals surface area (Å²) in [6, 6.07) is 5.15. The number of fused-ring (bicyclic) bond motifs is 1. The van der Waals surface area contributed by atoms with Crippen molar-refractivity contribution in [2.45, 2.75) is 12.3 Å². The van der Waals surface area contributed by atoms with E-state index in [0.29, 0.717) is 11.5 Å². The van der Waals surface area contributed by atoms with E-state index < -0.39 is 5.97 Å². The van der Waals surface area contributed by atoms with Gasteiger partial charge in [0, 0.05) is 11.7 Å². The van der Waals surface area contributed by atoms with Gasteiger partial charge in [0.1, 0.15) is 0 Å². The van der Waals surface area contributed by atoms with E-state index in [1.54, 1.807) is 29.5 Å². The molecule has 0 aliphatic carbocycles. The van der Waals surface area contributed by atoms with Gasteiger partial charge in [-0.3, -0.25) is 0 Å². The number of rotatable bonds is 2. The predicted octanol–water partition coefficient (Wildman–Crippen LogP) is 3.22. The van der Waals surface area contributed by atoms with Crippen LogP contribution in [0.4, 0.5) is 0 Å². The van der Waals surface area contributed by atoms with Gasteiger partial charge < -0.3 is 5.11 Å². The van der Waals surface area contributed by atoms with Crippen LogP contribution in [-0.2, 0) is 0 Å². The lowest BCUT2D eigenvalue weighted by Gasteiger charge is -2.00. The summed E-state index contributed by atoms with van der Waals surface area (Å²) in [5.41, 5.74) is 1.26. The number of thioether (sulfide) groups is 1. The number of aromatic carboxylic acids is 1. The molecule has 1 unspecified atom stereocenters. The van der Waals surface area contributed by atoms with Crippen molar-refractivity contribution in [3.05, 3.63) is 28.8 Å². The van der Waals surface area contributed by atoms with E-state index in [2.05, 4.69) is 4.98 Å². The van der Waals surface area contributed by atoms with Crippen LogP contribution < -0.4 is 0 Å². The zero-order valence-electron chi connectivity index (χ0n) is 9.05. The molecule has 17 heavy (non-hydrogen) atoms. The molecule has 88 valence electrons. The number of benzene rings is 1. The molecule has 5 heteroatoms. The van der Waals surface area contributed by atoms with Crippen molar-refractivity contribution >= 4 is 39.3 Å². The summed E-state index contributed by atoms with van der Waals surface area (Å²) < 4.78 is 0.983. The van der Waals surface area contributed by atoms with Crippen LogP contribution in [0.2, 0.25) is 0 Å². The Hall–Kier alpha value is -1.07. The maximum atomic E-state index is 10.9. The number of carboxylic acid groups (broad SMARTS) is 1. The minimum atomic E-state index is -0.877. The van der Waals surface area contributed by atoms with Crippen LogP contribution in [0.1, 0.15) is 27.7 Å². The molecule has 1 atom stereocenters. The Labute approximate surface area is 107 Å². The summed E-state index contributed by atoms with van der Waals surface area (Å²) in [6.07, 6.45) is 1.19. The monoisotopic (exact) mass is 265 g/mol. The van der Waals surface area contributed by atoms with E-state index in [-0.39, 0.29) is 0 Å². The standard InChI is InChI=1S/C12H11NO2S2/c14-12(15)7-1-2-9-10(5-7)17-11(13-9)8-3-4-16-6-8/h1-2,5,8H,3-4,6H2,(H,14,15). The molecule has 1 fully saturated rings. The summed E-state index contributed by atoms with van der Waals surface area (Å²) in [7, 11) is 0. The summed E-state index contributed by atoms with van der Waals surface area (Å²) in [4.78, 5) is 15.5. The first kappa shape index (κ1) is 11.0. The van der Waals surface area contributed by atoms with Crippen LogP contribution >= 0.6 is 23.1 Å². The lowest BCUT2D eigenvalue weighted by atomic mass is 10.1. The van der Waals surface area contributed by atoms with Gasteiger partial charge in [-0.25, -0.2) is 9.78 Å². The molecule has 3 rings (SSSR count). The average Bonchev–Trinajstić information content (AvgIpc) is 2.96. The maximum Gasteiger partial charge on any atom is 0.335 e. The third-order valence-electron chi connectivity index (χ3n) is 2.93.